The number of hydrogen-bond acceptors (Lipinski definition) is 6. The maximum absolute atomic E-state index is 12.2. The molecule has 0 heterocycles. The fraction of sp³-hybridized carbons (Fsp3) is 0.500. The number of esters is 1. The Bertz CT molecular complexity index is 578. The van der Waals surface area contributed by atoms with E-state index in [1.807, 2.05) is 25.1 Å². The Morgan fingerprint density at radius 2 is 1.85 bits per heavy atom. The predicted molar refractivity (Wildman–Crippen MR) is 93.8 cm³/mol. The number of benzene rings is 1. The van der Waals surface area contributed by atoms with Crippen LogP contribution in [0.4, 0.5) is 4.79 Å². The molecular formula is C18H26N2O6. The highest BCUT2D eigenvalue weighted by molar-refractivity contribution is 5.87. The fourth-order valence-electron chi connectivity index (χ4n) is 1.92. The van der Waals surface area contributed by atoms with Crippen LogP contribution in [-0.2, 0) is 30.5 Å². The number of unbranched alkanes of at least 4 members (excludes halogenated alkanes) is 1. The standard InChI is InChI=1S/C18H26N2O6/c1-4-5-11-25-17(22)15(12-16(21)20(2)24-3)19-18(23)26-13-14-9-7-6-8-10-14/h6-10,15H,4-5,11-13H2,1-3H3,(H,19,23). The number of ether oxygens (including phenoxy) is 2. The Hall–Kier alpha value is -2.61. The highest BCUT2D eigenvalue weighted by Gasteiger charge is 2.27. The summed E-state index contributed by atoms with van der Waals surface area (Å²) < 4.78 is 10.2. The van der Waals surface area contributed by atoms with Gasteiger partial charge in [0.05, 0.1) is 20.1 Å². The SMILES string of the molecule is CCCCOC(=O)C(CC(=O)N(C)OC)NC(=O)OCc1ccccc1. The van der Waals surface area contributed by atoms with Crippen molar-refractivity contribution in [2.45, 2.75) is 38.8 Å². The first-order valence-electron chi connectivity index (χ1n) is 8.42. The number of rotatable bonds is 10. The molecule has 1 aromatic rings. The molecule has 8 heteroatoms. The molecular weight excluding hydrogens is 340 g/mol. The summed E-state index contributed by atoms with van der Waals surface area (Å²) in [6.07, 6.45) is 0.452. The Labute approximate surface area is 153 Å². The number of hydrogen-bond donors (Lipinski definition) is 1. The fourth-order valence-corrected chi connectivity index (χ4v) is 1.92. The summed E-state index contributed by atoms with van der Waals surface area (Å²) in [5.41, 5.74) is 0.805. The van der Waals surface area contributed by atoms with Crippen LogP contribution in [0.3, 0.4) is 0 Å². The molecule has 0 aliphatic heterocycles. The maximum Gasteiger partial charge on any atom is 0.408 e. The van der Waals surface area contributed by atoms with Gasteiger partial charge in [-0.3, -0.25) is 9.63 Å². The molecule has 2 amide bonds. The normalized spacial score (nSPS) is 11.3. The first kappa shape index (κ1) is 21.4. The van der Waals surface area contributed by atoms with Gasteiger partial charge in [-0.25, -0.2) is 14.7 Å². The van der Waals surface area contributed by atoms with Gasteiger partial charge in [-0.15, -0.1) is 0 Å². The zero-order valence-corrected chi connectivity index (χ0v) is 15.4. The highest BCUT2D eigenvalue weighted by Crippen LogP contribution is 2.04. The second kappa shape index (κ2) is 11.9. The Kier molecular flexibility index (Phi) is 9.78. The molecule has 26 heavy (non-hydrogen) atoms. The van der Waals surface area contributed by atoms with Crippen LogP contribution in [0.15, 0.2) is 30.3 Å². The van der Waals surface area contributed by atoms with Crippen molar-refractivity contribution in [1.82, 2.24) is 10.4 Å². The van der Waals surface area contributed by atoms with E-state index in [2.05, 4.69) is 5.32 Å². The quantitative estimate of drug-likeness (QED) is 0.387. The molecule has 0 aromatic heterocycles. The van der Waals surface area contributed by atoms with Crippen LogP contribution < -0.4 is 5.32 Å². The van der Waals surface area contributed by atoms with Crippen molar-refractivity contribution >= 4 is 18.0 Å². The molecule has 1 N–H and O–H groups in total. The van der Waals surface area contributed by atoms with Gasteiger partial charge >= 0.3 is 12.1 Å². The number of carbonyl (C=O) groups is 3. The van der Waals surface area contributed by atoms with Crippen molar-refractivity contribution in [2.24, 2.45) is 0 Å². The van der Waals surface area contributed by atoms with E-state index < -0.39 is 24.0 Å². The molecule has 0 fully saturated rings. The van der Waals surface area contributed by atoms with E-state index >= 15 is 0 Å². The molecule has 0 aliphatic rings. The number of amides is 2. The molecule has 0 aliphatic carbocycles. The molecule has 1 rings (SSSR count). The molecule has 1 unspecified atom stereocenters. The topological polar surface area (TPSA) is 94.2 Å². The lowest BCUT2D eigenvalue weighted by atomic mass is 10.2. The zero-order chi connectivity index (χ0) is 19.4. The molecule has 1 atom stereocenters. The Balaban J connectivity index is 2.62. The number of nitrogens with zero attached hydrogens (tertiary/aromatic N) is 1. The molecule has 0 saturated heterocycles. The van der Waals surface area contributed by atoms with Gasteiger partial charge in [0.25, 0.3) is 0 Å². The van der Waals surface area contributed by atoms with E-state index in [4.69, 9.17) is 14.3 Å². The lowest BCUT2D eigenvalue weighted by Gasteiger charge is -2.20. The van der Waals surface area contributed by atoms with E-state index in [0.717, 1.165) is 17.0 Å². The summed E-state index contributed by atoms with van der Waals surface area (Å²) >= 11 is 0. The van der Waals surface area contributed by atoms with Crippen LogP contribution >= 0.6 is 0 Å². The number of alkyl carbamates (subject to hydrolysis) is 1. The molecule has 0 spiro atoms. The van der Waals surface area contributed by atoms with Gasteiger partial charge in [-0.05, 0) is 12.0 Å². The monoisotopic (exact) mass is 366 g/mol. The third-order valence-corrected chi connectivity index (χ3v) is 3.54. The molecule has 0 bridgehead atoms. The van der Waals surface area contributed by atoms with Gasteiger partial charge in [0, 0.05) is 7.05 Å². The summed E-state index contributed by atoms with van der Waals surface area (Å²) in [6, 6.07) is 7.96. The van der Waals surface area contributed by atoms with Crippen molar-refractivity contribution in [3.63, 3.8) is 0 Å². The van der Waals surface area contributed by atoms with Crippen LogP contribution in [0.25, 0.3) is 0 Å². The van der Waals surface area contributed by atoms with E-state index in [9.17, 15) is 14.4 Å². The van der Waals surface area contributed by atoms with E-state index in [0.29, 0.717) is 6.42 Å². The average Bonchev–Trinajstić information content (AvgIpc) is 2.66. The summed E-state index contributed by atoms with van der Waals surface area (Å²) in [5.74, 6) is -1.17. The first-order chi connectivity index (χ1) is 12.5. The molecule has 8 nitrogen and oxygen atoms in total. The third kappa shape index (κ3) is 7.98. The highest BCUT2D eigenvalue weighted by atomic mass is 16.7. The van der Waals surface area contributed by atoms with Gasteiger partial charge < -0.3 is 14.8 Å². The molecule has 1 aromatic carbocycles. The lowest BCUT2D eigenvalue weighted by Crippen LogP contribution is -2.45. The first-order valence-corrected chi connectivity index (χ1v) is 8.42. The third-order valence-electron chi connectivity index (χ3n) is 3.54. The van der Waals surface area contributed by atoms with Crippen molar-refractivity contribution in [1.29, 1.82) is 0 Å². The number of hydroxylamine groups is 2. The minimum atomic E-state index is -1.15. The van der Waals surface area contributed by atoms with Crippen LogP contribution in [0.1, 0.15) is 31.7 Å². The van der Waals surface area contributed by atoms with Gasteiger partial charge in [0.2, 0.25) is 5.91 Å². The predicted octanol–water partition coefficient (Wildman–Crippen LogP) is 2.03. The molecule has 0 radical (unpaired) electrons. The van der Waals surface area contributed by atoms with Crippen molar-refractivity contribution in [3.8, 4) is 0 Å². The largest absolute Gasteiger partial charge is 0.464 e. The molecule has 0 saturated carbocycles. The van der Waals surface area contributed by atoms with Gasteiger partial charge in [-0.1, -0.05) is 43.7 Å². The van der Waals surface area contributed by atoms with Crippen molar-refractivity contribution in [3.05, 3.63) is 35.9 Å². The summed E-state index contributed by atoms with van der Waals surface area (Å²) in [5, 5.41) is 3.36. The van der Waals surface area contributed by atoms with Gasteiger partial charge in [0.1, 0.15) is 12.6 Å². The van der Waals surface area contributed by atoms with Crippen LogP contribution in [0, 0.1) is 0 Å². The number of nitrogens with one attached hydrogen (secondary N) is 1. The van der Waals surface area contributed by atoms with Crippen LogP contribution in [-0.4, -0.2) is 49.8 Å². The lowest BCUT2D eigenvalue weighted by molar-refractivity contribution is -0.171. The van der Waals surface area contributed by atoms with Gasteiger partial charge in [-0.2, -0.15) is 0 Å². The van der Waals surface area contributed by atoms with Gasteiger partial charge in [0.15, 0.2) is 0 Å². The average molecular weight is 366 g/mol. The summed E-state index contributed by atoms with van der Waals surface area (Å²) in [4.78, 5) is 40.9. The Morgan fingerprint density at radius 1 is 1.15 bits per heavy atom. The van der Waals surface area contributed by atoms with E-state index in [-0.39, 0.29) is 19.6 Å². The summed E-state index contributed by atoms with van der Waals surface area (Å²) in [7, 11) is 2.74. The second-order valence-corrected chi connectivity index (χ2v) is 5.56. The number of carbonyl (C=O) groups excluding carboxylic acids is 3. The Morgan fingerprint density at radius 3 is 2.46 bits per heavy atom. The minimum absolute atomic E-state index is 0.0518. The smallest absolute Gasteiger partial charge is 0.408 e. The van der Waals surface area contributed by atoms with E-state index in [1.54, 1.807) is 12.1 Å². The van der Waals surface area contributed by atoms with Crippen molar-refractivity contribution < 1.29 is 28.7 Å². The van der Waals surface area contributed by atoms with Crippen LogP contribution in [0.2, 0.25) is 0 Å². The van der Waals surface area contributed by atoms with Crippen molar-refractivity contribution in [2.75, 3.05) is 20.8 Å². The zero-order valence-electron chi connectivity index (χ0n) is 15.4. The minimum Gasteiger partial charge on any atom is -0.464 e. The summed E-state index contributed by atoms with van der Waals surface area (Å²) in [6.45, 7) is 2.23. The van der Waals surface area contributed by atoms with E-state index in [1.165, 1.54) is 14.2 Å². The second-order valence-electron chi connectivity index (χ2n) is 5.56. The van der Waals surface area contributed by atoms with Crippen LogP contribution in [0.5, 0.6) is 0 Å². The molecule has 144 valence electrons. The maximum atomic E-state index is 12.2.